The van der Waals surface area contributed by atoms with E-state index in [9.17, 15) is 25.2 Å². The summed E-state index contributed by atoms with van der Waals surface area (Å²) in [6.07, 6.45) is 52.5. The van der Waals surface area contributed by atoms with Gasteiger partial charge in [0.2, 0.25) is 5.91 Å². The standard InChI is InChI=1S/C51H101NO5/c1-3-5-7-9-11-13-15-17-19-21-23-24-25-27-28-30-32-34-36-38-40-42-44-48(54)50(56)47(46-53)52-51(57)49(55)45-43-41-39-37-35-33-31-29-26-22-20-18-16-14-12-10-8-6-4-2/h26,29,47-50,53-56H,3-25,27-28,30-46H2,1-2H3,(H,52,57)/b29-26-. The molecule has 340 valence electrons. The Bertz CT molecular complexity index is 821. The van der Waals surface area contributed by atoms with Crippen LogP contribution in [0, 0.1) is 0 Å². The molecule has 57 heavy (non-hydrogen) atoms. The minimum atomic E-state index is -1.26. The summed E-state index contributed by atoms with van der Waals surface area (Å²) in [6.45, 7) is 4.08. The van der Waals surface area contributed by atoms with Gasteiger partial charge in [0, 0.05) is 0 Å². The van der Waals surface area contributed by atoms with E-state index >= 15 is 0 Å². The summed E-state index contributed by atoms with van der Waals surface area (Å²) in [5, 5.41) is 43.9. The molecule has 4 atom stereocenters. The van der Waals surface area contributed by atoms with Gasteiger partial charge in [-0.2, -0.15) is 0 Å². The number of aliphatic hydroxyl groups is 4. The third-order valence-corrected chi connectivity index (χ3v) is 12.2. The van der Waals surface area contributed by atoms with Gasteiger partial charge >= 0.3 is 0 Å². The van der Waals surface area contributed by atoms with E-state index in [0.29, 0.717) is 12.8 Å². The minimum absolute atomic E-state index is 0.365. The molecule has 0 aromatic rings. The SMILES string of the molecule is CCCCCCCCCCC/C=C\CCCCCCCCC(O)C(=O)NC(CO)C(O)C(O)CCCCCCCCCCCCCCCCCCCCCCCC. The summed E-state index contributed by atoms with van der Waals surface area (Å²) in [6, 6.07) is -0.985. The average Bonchev–Trinajstić information content (AvgIpc) is 3.22. The molecule has 0 fully saturated rings. The van der Waals surface area contributed by atoms with Gasteiger partial charge in [-0.15, -0.1) is 0 Å². The van der Waals surface area contributed by atoms with Crippen LogP contribution in [-0.4, -0.2) is 57.3 Å². The van der Waals surface area contributed by atoms with Gasteiger partial charge in [0.25, 0.3) is 0 Å². The molecule has 1 amide bonds. The molecule has 0 heterocycles. The highest BCUT2D eigenvalue weighted by Gasteiger charge is 2.28. The minimum Gasteiger partial charge on any atom is -0.394 e. The van der Waals surface area contributed by atoms with Gasteiger partial charge in [-0.05, 0) is 38.5 Å². The molecule has 0 aliphatic carbocycles. The zero-order valence-corrected chi connectivity index (χ0v) is 38.4. The molecular formula is C51H101NO5. The van der Waals surface area contributed by atoms with Crippen molar-refractivity contribution >= 4 is 5.91 Å². The number of hydrogen-bond acceptors (Lipinski definition) is 5. The number of rotatable bonds is 47. The summed E-state index contributed by atoms with van der Waals surface area (Å²) in [5.41, 5.74) is 0. The van der Waals surface area contributed by atoms with Crippen LogP contribution < -0.4 is 5.32 Å². The number of amides is 1. The topological polar surface area (TPSA) is 110 Å². The predicted octanol–water partition coefficient (Wildman–Crippen LogP) is 14.1. The van der Waals surface area contributed by atoms with Crippen molar-refractivity contribution in [2.45, 2.75) is 301 Å². The van der Waals surface area contributed by atoms with E-state index in [1.807, 2.05) is 0 Å². The predicted molar refractivity (Wildman–Crippen MR) is 247 cm³/mol. The van der Waals surface area contributed by atoms with E-state index in [1.165, 1.54) is 205 Å². The van der Waals surface area contributed by atoms with Crippen LogP contribution in [0.4, 0.5) is 0 Å². The van der Waals surface area contributed by atoms with Gasteiger partial charge in [-0.25, -0.2) is 0 Å². The van der Waals surface area contributed by atoms with Crippen LogP contribution in [0.5, 0.6) is 0 Å². The average molecular weight is 808 g/mol. The first-order valence-electron chi connectivity index (χ1n) is 25.6. The first kappa shape index (κ1) is 56.0. The molecule has 0 rings (SSSR count). The summed E-state index contributed by atoms with van der Waals surface area (Å²) >= 11 is 0. The summed E-state index contributed by atoms with van der Waals surface area (Å²) in [4.78, 5) is 12.6. The fraction of sp³-hybridized carbons (Fsp3) is 0.941. The van der Waals surface area contributed by atoms with Gasteiger partial charge in [-0.3, -0.25) is 4.79 Å². The van der Waals surface area contributed by atoms with Crippen molar-refractivity contribution < 1.29 is 25.2 Å². The van der Waals surface area contributed by atoms with Gasteiger partial charge in [0.05, 0.1) is 18.8 Å². The van der Waals surface area contributed by atoms with Gasteiger partial charge in [0.15, 0.2) is 0 Å². The number of carbonyl (C=O) groups is 1. The van der Waals surface area contributed by atoms with Crippen molar-refractivity contribution in [3.63, 3.8) is 0 Å². The number of hydrogen-bond donors (Lipinski definition) is 5. The second kappa shape index (κ2) is 46.1. The van der Waals surface area contributed by atoms with Crippen molar-refractivity contribution in [3.8, 4) is 0 Å². The van der Waals surface area contributed by atoms with Crippen molar-refractivity contribution in [1.29, 1.82) is 0 Å². The van der Waals surface area contributed by atoms with Crippen LogP contribution in [0.1, 0.15) is 277 Å². The molecule has 0 aliphatic heterocycles. The Morgan fingerprint density at radius 2 is 0.702 bits per heavy atom. The number of carbonyl (C=O) groups excluding carboxylic acids is 1. The first-order valence-corrected chi connectivity index (χ1v) is 25.6. The Morgan fingerprint density at radius 1 is 0.421 bits per heavy atom. The van der Waals surface area contributed by atoms with Crippen LogP contribution in [-0.2, 0) is 4.79 Å². The van der Waals surface area contributed by atoms with Crippen molar-refractivity contribution in [3.05, 3.63) is 12.2 Å². The summed E-state index contributed by atoms with van der Waals surface area (Å²) < 4.78 is 0. The van der Waals surface area contributed by atoms with Crippen molar-refractivity contribution in [1.82, 2.24) is 5.32 Å². The Labute approximate surface area is 355 Å². The van der Waals surface area contributed by atoms with E-state index in [0.717, 1.165) is 44.9 Å². The fourth-order valence-electron chi connectivity index (χ4n) is 8.17. The first-order chi connectivity index (χ1) is 28.0. The molecule has 0 bridgehead atoms. The summed E-state index contributed by atoms with van der Waals surface area (Å²) in [7, 11) is 0. The monoisotopic (exact) mass is 808 g/mol. The molecular weight excluding hydrogens is 707 g/mol. The van der Waals surface area contributed by atoms with Crippen LogP contribution in [0.2, 0.25) is 0 Å². The molecule has 0 saturated carbocycles. The highest BCUT2D eigenvalue weighted by molar-refractivity contribution is 5.80. The molecule has 0 radical (unpaired) electrons. The Morgan fingerprint density at radius 3 is 1.02 bits per heavy atom. The zero-order chi connectivity index (χ0) is 41.7. The molecule has 6 nitrogen and oxygen atoms in total. The number of aliphatic hydroxyl groups excluding tert-OH is 4. The van der Waals surface area contributed by atoms with Crippen LogP contribution >= 0.6 is 0 Å². The number of allylic oxidation sites excluding steroid dienone is 2. The van der Waals surface area contributed by atoms with E-state index in [-0.39, 0.29) is 0 Å². The third-order valence-electron chi connectivity index (χ3n) is 12.2. The molecule has 0 aliphatic rings. The molecule has 0 spiro atoms. The maximum absolute atomic E-state index is 12.6. The second-order valence-corrected chi connectivity index (χ2v) is 17.9. The third kappa shape index (κ3) is 40.2. The lowest BCUT2D eigenvalue weighted by Crippen LogP contribution is -2.53. The second-order valence-electron chi connectivity index (χ2n) is 17.9. The van der Waals surface area contributed by atoms with E-state index in [4.69, 9.17) is 0 Å². The normalized spacial score (nSPS) is 14.0. The van der Waals surface area contributed by atoms with Gasteiger partial charge < -0.3 is 25.7 Å². The van der Waals surface area contributed by atoms with Crippen LogP contribution in [0.3, 0.4) is 0 Å². The van der Waals surface area contributed by atoms with E-state index in [2.05, 4.69) is 31.3 Å². The van der Waals surface area contributed by atoms with Gasteiger partial charge in [0.1, 0.15) is 12.2 Å². The maximum atomic E-state index is 12.6. The lowest BCUT2D eigenvalue weighted by atomic mass is 9.99. The Balaban J connectivity index is 3.66. The fourth-order valence-corrected chi connectivity index (χ4v) is 8.17. The molecule has 0 saturated heterocycles. The zero-order valence-electron chi connectivity index (χ0n) is 38.4. The van der Waals surface area contributed by atoms with Gasteiger partial charge in [-0.1, -0.05) is 251 Å². The Hall–Kier alpha value is -0.950. The lowest BCUT2D eigenvalue weighted by molar-refractivity contribution is -0.132. The molecule has 0 aromatic heterocycles. The molecule has 5 N–H and O–H groups in total. The number of nitrogens with one attached hydrogen (secondary N) is 1. The van der Waals surface area contributed by atoms with Crippen LogP contribution in [0.15, 0.2) is 12.2 Å². The van der Waals surface area contributed by atoms with E-state index < -0.39 is 36.9 Å². The largest absolute Gasteiger partial charge is 0.394 e. The van der Waals surface area contributed by atoms with Crippen molar-refractivity contribution in [2.24, 2.45) is 0 Å². The highest BCUT2D eigenvalue weighted by atomic mass is 16.3. The smallest absolute Gasteiger partial charge is 0.249 e. The number of unbranched alkanes of at least 4 members (excludes halogenated alkanes) is 36. The lowest BCUT2D eigenvalue weighted by Gasteiger charge is -2.27. The Kier molecular flexibility index (Phi) is 45.4. The summed E-state index contributed by atoms with van der Waals surface area (Å²) in [5.74, 6) is -0.584. The van der Waals surface area contributed by atoms with E-state index in [1.54, 1.807) is 0 Å². The molecule has 0 aromatic carbocycles. The van der Waals surface area contributed by atoms with Crippen LogP contribution in [0.25, 0.3) is 0 Å². The highest BCUT2D eigenvalue weighted by Crippen LogP contribution is 2.18. The quantitative estimate of drug-likeness (QED) is 0.0311. The maximum Gasteiger partial charge on any atom is 0.249 e. The molecule has 6 heteroatoms. The van der Waals surface area contributed by atoms with Crippen molar-refractivity contribution in [2.75, 3.05) is 6.61 Å². The molecule has 4 unspecified atom stereocenters.